The minimum atomic E-state index is -5.08. The summed E-state index contributed by atoms with van der Waals surface area (Å²) in [7, 11) is 0. The van der Waals surface area contributed by atoms with E-state index in [1.807, 2.05) is 6.92 Å². The van der Waals surface area contributed by atoms with Crippen molar-refractivity contribution in [2.24, 2.45) is 0 Å². The molecule has 2 aliphatic heterocycles. The number of aromatic nitrogens is 2. The summed E-state index contributed by atoms with van der Waals surface area (Å²) in [4.78, 5) is 44.3. The first-order valence-corrected chi connectivity index (χ1v) is 14.2. The number of benzene rings is 2. The maximum Gasteiger partial charge on any atom is 0.490 e. The van der Waals surface area contributed by atoms with E-state index >= 15 is 0 Å². The highest BCUT2D eigenvalue weighted by Gasteiger charge is 2.44. The molecule has 2 aromatic carbocycles. The first-order chi connectivity index (χ1) is 21.8. The molecule has 252 valence electrons. The van der Waals surface area contributed by atoms with Crippen molar-refractivity contribution in [3.63, 3.8) is 0 Å². The Labute approximate surface area is 267 Å². The zero-order valence-electron chi connectivity index (χ0n) is 24.6. The van der Waals surface area contributed by atoms with Crippen molar-refractivity contribution in [3.8, 4) is 0 Å². The fourth-order valence-corrected chi connectivity index (χ4v) is 5.61. The molecule has 47 heavy (non-hydrogen) atoms. The summed E-state index contributed by atoms with van der Waals surface area (Å²) in [6.45, 7) is 4.11. The second-order valence-corrected chi connectivity index (χ2v) is 11.3. The van der Waals surface area contributed by atoms with E-state index < -0.39 is 41.2 Å². The summed E-state index contributed by atoms with van der Waals surface area (Å²) >= 11 is 6.66. The van der Waals surface area contributed by atoms with Crippen LogP contribution in [0.15, 0.2) is 42.5 Å². The van der Waals surface area contributed by atoms with Gasteiger partial charge in [0.15, 0.2) is 17.3 Å². The number of halogens is 7. The predicted octanol–water partition coefficient (Wildman–Crippen LogP) is 5.73. The topological polar surface area (TPSA) is 158 Å². The van der Waals surface area contributed by atoms with Crippen LogP contribution in [-0.2, 0) is 26.0 Å². The molecule has 0 aliphatic carbocycles. The largest absolute Gasteiger partial charge is 0.490 e. The van der Waals surface area contributed by atoms with E-state index in [-0.39, 0.29) is 52.2 Å². The van der Waals surface area contributed by atoms with Gasteiger partial charge in [0.1, 0.15) is 0 Å². The summed E-state index contributed by atoms with van der Waals surface area (Å²) < 4.78 is 78.7. The molecule has 18 heteroatoms. The van der Waals surface area contributed by atoms with E-state index in [0.29, 0.717) is 25.0 Å². The number of anilines is 1. The van der Waals surface area contributed by atoms with Gasteiger partial charge >= 0.3 is 18.3 Å². The van der Waals surface area contributed by atoms with E-state index in [4.69, 9.17) is 31.6 Å². The number of guanidine groups is 1. The molecule has 0 saturated carbocycles. The lowest BCUT2D eigenvalue weighted by atomic mass is 9.85. The number of aliphatic carboxylic acids is 1. The lowest BCUT2D eigenvalue weighted by molar-refractivity contribution is -0.192. The zero-order chi connectivity index (χ0) is 34.9. The number of carbonyl (C=O) groups excluding carboxylic acids is 2. The highest BCUT2D eigenvalue weighted by atomic mass is 35.5. The van der Waals surface area contributed by atoms with Crippen LogP contribution in [0.4, 0.5) is 32.0 Å². The van der Waals surface area contributed by atoms with Crippen molar-refractivity contribution in [1.29, 1.82) is 5.41 Å². The Hall–Kier alpha value is -4.51. The van der Waals surface area contributed by atoms with Gasteiger partial charge in [-0.3, -0.25) is 19.9 Å². The van der Waals surface area contributed by atoms with Crippen LogP contribution in [0.3, 0.4) is 0 Å². The van der Waals surface area contributed by atoms with Crippen molar-refractivity contribution < 1.29 is 50.6 Å². The number of carbonyl (C=O) groups is 3. The van der Waals surface area contributed by atoms with Crippen molar-refractivity contribution in [3.05, 3.63) is 64.4 Å². The number of rotatable bonds is 4. The van der Waals surface area contributed by atoms with Crippen molar-refractivity contribution >= 4 is 52.1 Å². The molecule has 5 rings (SSSR count). The Bertz CT molecular complexity index is 1700. The van der Waals surface area contributed by atoms with Gasteiger partial charge < -0.3 is 20.5 Å². The number of ether oxygens (including phenoxy) is 1. The van der Waals surface area contributed by atoms with Crippen LogP contribution in [0, 0.1) is 5.41 Å². The monoisotopic (exact) mass is 688 g/mol. The molecule has 11 nitrogen and oxygen atoms in total. The Morgan fingerprint density at radius 3 is 2.28 bits per heavy atom. The first-order valence-electron chi connectivity index (χ1n) is 13.9. The molecule has 2 fully saturated rings. The van der Waals surface area contributed by atoms with Crippen LogP contribution in [0.25, 0.3) is 11.0 Å². The number of nitrogens with zero attached hydrogens (tertiary/aromatic N) is 3. The highest BCUT2D eigenvalue weighted by molar-refractivity contribution is 6.35. The number of para-hydroxylation sites is 2. The number of hydrogen-bond acceptors (Lipinski definition) is 7. The van der Waals surface area contributed by atoms with Gasteiger partial charge in [0.05, 0.1) is 39.8 Å². The van der Waals surface area contributed by atoms with Crippen LogP contribution in [0.5, 0.6) is 0 Å². The molecule has 0 bridgehead atoms. The summed E-state index contributed by atoms with van der Waals surface area (Å²) in [5, 5.41) is 21.2. The maximum absolute atomic E-state index is 13.8. The van der Waals surface area contributed by atoms with Gasteiger partial charge in [-0.1, -0.05) is 35.9 Å². The third-order valence-electron chi connectivity index (χ3n) is 7.37. The summed E-state index contributed by atoms with van der Waals surface area (Å²) in [5.74, 6) is -4.25. The van der Waals surface area contributed by atoms with E-state index in [0.717, 1.165) is 0 Å². The van der Waals surface area contributed by atoms with Crippen LogP contribution in [-0.4, -0.2) is 68.6 Å². The SMILES string of the molecule is C[C@@H]1C[C@H](N2C(=N)N[C@](C)(c3cccc(NC(=O)c4nc5ccccc5nc4C(F)(F)F)c3Cl)CC2=O)CCO1.O=C(O)C(F)(F)F. The number of hydrogen-bond donors (Lipinski definition) is 4. The smallest absolute Gasteiger partial charge is 0.475 e. The molecule has 0 unspecified atom stereocenters. The fourth-order valence-electron chi connectivity index (χ4n) is 5.23. The normalized spacial score (nSPS) is 21.9. The van der Waals surface area contributed by atoms with Gasteiger partial charge in [-0.25, -0.2) is 14.8 Å². The highest BCUT2D eigenvalue weighted by Crippen LogP contribution is 2.39. The van der Waals surface area contributed by atoms with Crippen molar-refractivity contribution in [1.82, 2.24) is 20.2 Å². The predicted molar refractivity (Wildman–Crippen MR) is 156 cm³/mol. The molecule has 0 radical (unpaired) electrons. The minimum Gasteiger partial charge on any atom is -0.475 e. The molecule has 1 aromatic heterocycles. The van der Waals surface area contributed by atoms with Crippen LogP contribution in [0.1, 0.15) is 54.9 Å². The van der Waals surface area contributed by atoms with E-state index in [1.54, 1.807) is 25.1 Å². The van der Waals surface area contributed by atoms with Gasteiger partial charge in [0.25, 0.3) is 5.91 Å². The summed E-state index contributed by atoms with van der Waals surface area (Å²) in [6.07, 6.45) is -8.87. The molecule has 3 atom stereocenters. The third-order valence-corrected chi connectivity index (χ3v) is 7.78. The number of alkyl halides is 6. The second-order valence-electron chi connectivity index (χ2n) is 10.9. The fraction of sp³-hybridized carbons (Fsp3) is 0.379. The first kappa shape index (κ1) is 35.3. The quantitative estimate of drug-likeness (QED) is 0.253. The van der Waals surface area contributed by atoms with Crippen molar-refractivity contribution in [2.45, 2.75) is 63.1 Å². The molecule has 2 amide bonds. The molecular weight excluding hydrogens is 662 g/mol. The van der Waals surface area contributed by atoms with E-state index in [9.17, 15) is 35.9 Å². The molecule has 3 heterocycles. The number of nitrogens with one attached hydrogen (secondary N) is 3. The average molecular weight is 689 g/mol. The maximum atomic E-state index is 13.8. The Kier molecular flexibility index (Phi) is 10.0. The van der Waals surface area contributed by atoms with Gasteiger partial charge in [0, 0.05) is 12.6 Å². The molecular formula is C29H27ClF6N6O5. The van der Waals surface area contributed by atoms with E-state index in [1.165, 1.54) is 29.2 Å². The average Bonchev–Trinajstić information content (AvgIpc) is 2.96. The van der Waals surface area contributed by atoms with Crippen molar-refractivity contribution in [2.75, 3.05) is 11.9 Å². The lowest BCUT2D eigenvalue weighted by Crippen LogP contribution is -2.63. The van der Waals surface area contributed by atoms with E-state index in [2.05, 4.69) is 20.6 Å². The molecule has 0 spiro atoms. The summed E-state index contributed by atoms with van der Waals surface area (Å²) in [5.41, 5.74) is -2.88. The Morgan fingerprint density at radius 1 is 1.11 bits per heavy atom. The van der Waals surface area contributed by atoms with Crippen LogP contribution >= 0.6 is 11.6 Å². The van der Waals surface area contributed by atoms with Gasteiger partial charge in [-0.2, -0.15) is 26.3 Å². The van der Waals surface area contributed by atoms with Crippen LogP contribution < -0.4 is 10.6 Å². The second kappa shape index (κ2) is 13.3. The van der Waals surface area contributed by atoms with Crippen LogP contribution in [0.2, 0.25) is 5.02 Å². The number of carboxylic acid groups (broad SMARTS) is 1. The lowest BCUT2D eigenvalue weighted by Gasteiger charge is -2.45. The standard InChI is InChI=1S/C27H26ClF3N6O3.C2HF3O2/c1-14-12-15(10-11-40-14)37-20(38)13-26(2,36-25(37)32)16-6-5-9-19(21(16)28)35-24(39)22-23(27(29,30)31)34-18-8-4-3-7-17(18)33-22;3-2(4,5)1(6)7/h3-9,14-15H,10-13H2,1-2H3,(H2,32,36)(H,35,39);(H,6,7)/t14-,15-,26+;/m1./s1. The third kappa shape index (κ3) is 7.90. The Morgan fingerprint density at radius 2 is 1.72 bits per heavy atom. The number of amides is 2. The number of carboxylic acids is 1. The Balaban J connectivity index is 0.000000644. The number of fused-ring (bicyclic) bond motifs is 1. The summed E-state index contributed by atoms with van der Waals surface area (Å²) in [6, 6.07) is 10.4. The van der Waals surface area contributed by atoms with Gasteiger partial charge in [-0.05, 0) is 50.5 Å². The minimum absolute atomic E-state index is 0.000859. The molecule has 2 saturated heterocycles. The van der Waals surface area contributed by atoms with Gasteiger partial charge in [-0.15, -0.1) is 0 Å². The molecule has 3 aromatic rings. The zero-order valence-corrected chi connectivity index (χ0v) is 25.3. The molecule has 4 N–H and O–H groups in total. The molecule has 2 aliphatic rings. The van der Waals surface area contributed by atoms with Gasteiger partial charge in [0.2, 0.25) is 5.91 Å².